The summed E-state index contributed by atoms with van der Waals surface area (Å²) < 4.78 is 23.6. The molecule has 1 N–H and O–H groups in total. The molecule has 9 heteroatoms. The molecular weight excluding hydrogens is 462 g/mol. The monoisotopic (exact) mass is 489 g/mol. The Morgan fingerprint density at radius 1 is 1.00 bits per heavy atom. The SMILES string of the molecule is O=C(N[C@@H](CC(=O)N1CCN([C@H]2CCS(=O)(=O)C2)CC1)c1ccccc1)c1ccccc1Cl. The number of piperazine rings is 1. The lowest BCUT2D eigenvalue weighted by molar-refractivity contribution is -0.133. The van der Waals surface area contributed by atoms with Crippen LogP contribution in [0, 0.1) is 0 Å². The Balaban J connectivity index is 1.40. The molecule has 0 saturated carbocycles. The van der Waals surface area contributed by atoms with Crippen LogP contribution in [-0.4, -0.2) is 73.8 Å². The maximum atomic E-state index is 13.1. The molecule has 33 heavy (non-hydrogen) atoms. The van der Waals surface area contributed by atoms with Crippen LogP contribution in [0.4, 0.5) is 0 Å². The molecule has 7 nitrogen and oxygen atoms in total. The standard InChI is InChI=1S/C24H28ClN3O4S/c25-21-9-5-4-8-20(21)24(30)26-22(18-6-2-1-3-7-18)16-23(29)28-13-11-27(12-14-28)19-10-15-33(31,32)17-19/h1-9,19,22H,10-17H2,(H,26,30)/t19-,22-/m0/s1. The highest BCUT2D eigenvalue weighted by Gasteiger charge is 2.34. The van der Waals surface area contributed by atoms with Crippen molar-refractivity contribution in [2.75, 3.05) is 37.7 Å². The van der Waals surface area contributed by atoms with Gasteiger partial charge in [-0.25, -0.2) is 8.42 Å². The molecule has 0 aliphatic carbocycles. The molecule has 2 amide bonds. The fourth-order valence-corrected chi connectivity index (χ4v) is 6.51. The number of rotatable bonds is 6. The molecule has 0 unspecified atom stereocenters. The fraction of sp³-hybridized carbons (Fsp3) is 0.417. The third kappa shape index (κ3) is 5.93. The summed E-state index contributed by atoms with van der Waals surface area (Å²) in [6.07, 6.45) is 0.804. The second-order valence-corrected chi connectivity index (χ2v) is 11.2. The molecule has 4 rings (SSSR count). The fourth-order valence-electron chi connectivity index (χ4n) is 4.52. The van der Waals surface area contributed by atoms with Crippen LogP contribution >= 0.6 is 11.6 Å². The third-order valence-corrected chi connectivity index (χ3v) is 8.48. The molecule has 0 bridgehead atoms. The van der Waals surface area contributed by atoms with Gasteiger partial charge >= 0.3 is 0 Å². The summed E-state index contributed by atoms with van der Waals surface area (Å²) in [5, 5.41) is 3.33. The normalized spacial score (nSPS) is 21.5. The second kappa shape index (κ2) is 10.2. The zero-order valence-electron chi connectivity index (χ0n) is 18.3. The van der Waals surface area contributed by atoms with Gasteiger partial charge < -0.3 is 10.2 Å². The van der Waals surface area contributed by atoms with Crippen molar-refractivity contribution in [1.82, 2.24) is 15.1 Å². The number of sulfone groups is 1. The van der Waals surface area contributed by atoms with Gasteiger partial charge in [-0.1, -0.05) is 54.1 Å². The van der Waals surface area contributed by atoms with E-state index in [9.17, 15) is 18.0 Å². The summed E-state index contributed by atoms with van der Waals surface area (Å²) in [6.45, 7) is 2.42. The van der Waals surface area contributed by atoms with Crippen molar-refractivity contribution >= 4 is 33.3 Å². The van der Waals surface area contributed by atoms with E-state index >= 15 is 0 Å². The molecular formula is C24H28ClN3O4S. The maximum absolute atomic E-state index is 13.1. The van der Waals surface area contributed by atoms with Gasteiger partial charge in [-0.05, 0) is 24.1 Å². The number of halogens is 1. The van der Waals surface area contributed by atoms with E-state index in [1.807, 2.05) is 30.3 Å². The molecule has 2 aliphatic heterocycles. The van der Waals surface area contributed by atoms with Crippen LogP contribution in [0.1, 0.15) is 34.8 Å². The van der Waals surface area contributed by atoms with Crippen LogP contribution in [0.5, 0.6) is 0 Å². The predicted octanol–water partition coefficient (Wildman–Crippen LogP) is 2.53. The lowest BCUT2D eigenvalue weighted by atomic mass is 10.0. The molecule has 2 atom stereocenters. The summed E-state index contributed by atoms with van der Waals surface area (Å²) in [7, 11) is -2.93. The van der Waals surface area contributed by atoms with Gasteiger partial charge in [0.05, 0.1) is 34.6 Å². The van der Waals surface area contributed by atoms with Gasteiger partial charge in [0.1, 0.15) is 0 Å². The number of hydrogen-bond donors (Lipinski definition) is 1. The van der Waals surface area contributed by atoms with Crippen LogP contribution in [0.25, 0.3) is 0 Å². The average molecular weight is 490 g/mol. The van der Waals surface area contributed by atoms with Crippen molar-refractivity contribution in [2.45, 2.75) is 24.9 Å². The van der Waals surface area contributed by atoms with Crippen molar-refractivity contribution in [3.63, 3.8) is 0 Å². The van der Waals surface area contributed by atoms with E-state index in [1.54, 1.807) is 29.2 Å². The van der Waals surface area contributed by atoms with E-state index in [0.29, 0.717) is 43.2 Å². The van der Waals surface area contributed by atoms with Crippen LogP contribution in [0.15, 0.2) is 54.6 Å². The summed E-state index contributed by atoms with van der Waals surface area (Å²) in [5.41, 5.74) is 1.22. The van der Waals surface area contributed by atoms with Gasteiger partial charge in [0.25, 0.3) is 5.91 Å². The van der Waals surface area contributed by atoms with Crippen LogP contribution in [0.2, 0.25) is 5.02 Å². The lowest BCUT2D eigenvalue weighted by Crippen LogP contribution is -2.52. The Morgan fingerprint density at radius 2 is 1.67 bits per heavy atom. The predicted molar refractivity (Wildman–Crippen MR) is 128 cm³/mol. The Hall–Kier alpha value is -2.42. The van der Waals surface area contributed by atoms with Gasteiger partial charge in [-0.15, -0.1) is 0 Å². The van der Waals surface area contributed by atoms with E-state index in [-0.39, 0.29) is 35.8 Å². The molecule has 2 aliphatic rings. The number of carbonyl (C=O) groups excluding carboxylic acids is 2. The van der Waals surface area contributed by atoms with Crippen molar-refractivity contribution in [3.05, 3.63) is 70.7 Å². The summed E-state index contributed by atoms with van der Waals surface area (Å²) >= 11 is 6.18. The number of nitrogens with zero attached hydrogens (tertiary/aromatic N) is 2. The Kier molecular flexibility index (Phi) is 7.36. The van der Waals surface area contributed by atoms with Gasteiger partial charge in [0.2, 0.25) is 5.91 Å². The molecule has 2 fully saturated rings. The summed E-state index contributed by atoms with van der Waals surface area (Å²) in [4.78, 5) is 30.0. The van der Waals surface area contributed by atoms with Crippen molar-refractivity contribution < 1.29 is 18.0 Å². The number of benzene rings is 2. The van der Waals surface area contributed by atoms with E-state index in [1.165, 1.54) is 0 Å². The molecule has 2 heterocycles. The molecule has 2 saturated heterocycles. The maximum Gasteiger partial charge on any atom is 0.253 e. The number of carbonyl (C=O) groups is 2. The van der Waals surface area contributed by atoms with E-state index < -0.39 is 15.9 Å². The van der Waals surface area contributed by atoms with E-state index in [2.05, 4.69) is 10.2 Å². The van der Waals surface area contributed by atoms with E-state index in [4.69, 9.17) is 11.6 Å². The molecule has 2 aromatic carbocycles. The zero-order chi connectivity index (χ0) is 23.4. The van der Waals surface area contributed by atoms with Crippen molar-refractivity contribution in [1.29, 1.82) is 0 Å². The van der Waals surface area contributed by atoms with Gasteiger partial charge in [-0.2, -0.15) is 0 Å². The average Bonchev–Trinajstić information content (AvgIpc) is 3.19. The number of nitrogens with one attached hydrogen (secondary N) is 1. The minimum Gasteiger partial charge on any atom is -0.345 e. The Labute approximate surface area is 199 Å². The van der Waals surface area contributed by atoms with Crippen LogP contribution in [-0.2, 0) is 14.6 Å². The molecule has 2 aromatic rings. The van der Waals surface area contributed by atoms with E-state index in [0.717, 1.165) is 5.56 Å². The summed E-state index contributed by atoms with van der Waals surface area (Å²) in [5.74, 6) is 0.0998. The molecule has 176 valence electrons. The largest absolute Gasteiger partial charge is 0.345 e. The quantitative estimate of drug-likeness (QED) is 0.673. The topological polar surface area (TPSA) is 86.8 Å². The zero-order valence-corrected chi connectivity index (χ0v) is 19.9. The number of amides is 2. The Bertz CT molecular complexity index is 1100. The minimum absolute atomic E-state index is 0.0398. The first-order valence-corrected chi connectivity index (χ1v) is 13.3. The molecule has 0 spiro atoms. The van der Waals surface area contributed by atoms with Gasteiger partial charge in [0, 0.05) is 32.2 Å². The molecule has 0 radical (unpaired) electrons. The second-order valence-electron chi connectivity index (χ2n) is 8.59. The Morgan fingerprint density at radius 3 is 2.30 bits per heavy atom. The van der Waals surface area contributed by atoms with Crippen LogP contribution < -0.4 is 5.32 Å². The third-order valence-electron chi connectivity index (χ3n) is 6.40. The molecule has 0 aromatic heterocycles. The first-order chi connectivity index (χ1) is 15.8. The van der Waals surface area contributed by atoms with Crippen molar-refractivity contribution in [3.8, 4) is 0 Å². The number of hydrogen-bond acceptors (Lipinski definition) is 5. The van der Waals surface area contributed by atoms with Crippen LogP contribution in [0.3, 0.4) is 0 Å². The summed E-state index contributed by atoms with van der Waals surface area (Å²) in [6, 6.07) is 15.8. The minimum atomic E-state index is -2.93. The highest BCUT2D eigenvalue weighted by atomic mass is 35.5. The highest BCUT2D eigenvalue weighted by Crippen LogP contribution is 2.23. The van der Waals surface area contributed by atoms with Gasteiger partial charge in [-0.3, -0.25) is 14.5 Å². The first-order valence-electron chi connectivity index (χ1n) is 11.1. The van der Waals surface area contributed by atoms with Gasteiger partial charge in [0.15, 0.2) is 9.84 Å². The lowest BCUT2D eigenvalue weighted by Gasteiger charge is -2.38. The smallest absolute Gasteiger partial charge is 0.253 e. The first kappa shape index (κ1) is 23.7. The highest BCUT2D eigenvalue weighted by molar-refractivity contribution is 7.91. The van der Waals surface area contributed by atoms with Crippen molar-refractivity contribution in [2.24, 2.45) is 0 Å².